The predicted octanol–water partition coefficient (Wildman–Crippen LogP) is 3.96. The van der Waals surface area contributed by atoms with Crippen LogP contribution in [0.2, 0.25) is 0 Å². The van der Waals surface area contributed by atoms with Gasteiger partial charge in [0.05, 0.1) is 12.1 Å². The number of halogens is 2. The Kier molecular flexibility index (Phi) is 5.19. The van der Waals surface area contributed by atoms with E-state index in [4.69, 9.17) is 0 Å². The maximum atomic E-state index is 12.9. The van der Waals surface area contributed by atoms with Gasteiger partial charge < -0.3 is 5.32 Å². The van der Waals surface area contributed by atoms with Gasteiger partial charge in [-0.3, -0.25) is 9.78 Å². The molecule has 2 aromatic rings. The summed E-state index contributed by atoms with van der Waals surface area (Å²) in [6.07, 6.45) is 5.98. The summed E-state index contributed by atoms with van der Waals surface area (Å²) in [5, 5.41) is 2.51. The number of hydrogen-bond acceptors (Lipinski definition) is 4. The third-order valence-corrected chi connectivity index (χ3v) is 3.86. The SMILES string of the molecule is CCCC(C(=O)Nc1ncc(F)s1)c1cncc(Br)c1. The molecule has 7 heteroatoms. The number of thiazole rings is 1. The van der Waals surface area contributed by atoms with Crippen LogP contribution in [0.25, 0.3) is 0 Å². The lowest BCUT2D eigenvalue weighted by Gasteiger charge is -2.15. The molecule has 0 saturated carbocycles. The summed E-state index contributed by atoms with van der Waals surface area (Å²) in [4.78, 5) is 20.2. The number of nitrogens with zero attached hydrogens (tertiary/aromatic N) is 2. The Morgan fingerprint density at radius 3 is 2.90 bits per heavy atom. The van der Waals surface area contributed by atoms with Crippen molar-refractivity contribution in [1.29, 1.82) is 0 Å². The van der Waals surface area contributed by atoms with Crippen molar-refractivity contribution in [2.24, 2.45) is 0 Å². The summed E-state index contributed by atoms with van der Waals surface area (Å²) in [7, 11) is 0. The van der Waals surface area contributed by atoms with Crippen molar-refractivity contribution in [2.75, 3.05) is 5.32 Å². The van der Waals surface area contributed by atoms with E-state index in [9.17, 15) is 9.18 Å². The molecule has 0 bridgehead atoms. The van der Waals surface area contributed by atoms with Crippen molar-refractivity contribution in [1.82, 2.24) is 9.97 Å². The van der Waals surface area contributed by atoms with Crippen LogP contribution in [-0.4, -0.2) is 15.9 Å². The van der Waals surface area contributed by atoms with Gasteiger partial charge in [0.15, 0.2) is 10.3 Å². The summed E-state index contributed by atoms with van der Waals surface area (Å²) in [6, 6.07) is 1.87. The van der Waals surface area contributed by atoms with Crippen LogP contribution in [-0.2, 0) is 4.79 Å². The molecular formula is C13H13BrFN3OS. The molecule has 0 aliphatic carbocycles. The third kappa shape index (κ3) is 3.83. The van der Waals surface area contributed by atoms with Gasteiger partial charge in [-0.1, -0.05) is 24.7 Å². The van der Waals surface area contributed by atoms with Crippen LogP contribution in [0.3, 0.4) is 0 Å². The van der Waals surface area contributed by atoms with Crippen molar-refractivity contribution in [2.45, 2.75) is 25.7 Å². The monoisotopic (exact) mass is 357 g/mol. The largest absolute Gasteiger partial charge is 0.301 e. The highest BCUT2D eigenvalue weighted by molar-refractivity contribution is 9.10. The maximum Gasteiger partial charge on any atom is 0.233 e. The van der Waals surface area contributed by atoms with Crippen molar-refractivity contribution in [3.8, 4) is 0 Å². The second kappa shape index (κ2) is 6.90. The fraction of sp³-hybridized carbons (Fsp3) is 0.308. The van der Waals surface area contributed by atoms with E-state index in [1.807, 2.05) is 13.0 Å². The molecule has 2 heterocycles. The van der Waals surface area contributed by atoms with Crippen molar-refractivity contribution in [3.63, 3.8) is 0 Å². The molecule has 20 heavy (non-hydrogen) atoms. The predicted molar refractivity (Wildman–Crippen MR) is 80.3 cm³/mol. The first-order valence-electron chi connectivity index (χ1n) is 6.12. The summed E-state index contributed by atoms with van der Waals surface area (Å²) < 4.78 is 13.7. The number of hydrogen-bond donors (Lipinski definition) is 1. The lowest BCUT2D eigenvalue weighted by atomic mass is 9.95. The zero-order valence-electron chi connectivity index (χ0n) is 10.8. The Morgan fingerprint density at radius 2 is 2.30 bits per heavy atom. The van der Waals surface area contributed by atoms with Crippen LogP contribution in [0.1, 0.15) is 31.2 Å². The lowest BCUT2D eigenvalue weighted by molar-refractivity contribution is -0.117. The average Bonchev–Trinajstić information content (AvgIpc) is 2.81. The number of amides is 1. The van der Waals surface area contributed by atoms with Crippen LogP contribution >= 0.6 is 27.3 Å². The normalized spacial score (nSPS) is 12.2. The number of carbonyl (C=O) groups excluding carboxylic acids is 1. The molecule has 0 saturated heterocycles. The lowest BCUT2D eigenvalue weighted by Crippen LogP contribution is -2.21. The van der Waals surface area contributed by atoms with Gasteiger partial charge in [0.25, 0.3) is 0 Å². The number of anilines is 1. The second-order valence-corrected chi connectivity index (χ2v) is 6.13. The molecule has 4 nitrogen and oxygen atoms in total. The van der Waals surface area contributed by atoms with Gasteiger partial charge >= 0.3 is 0 Å². The van der Waals surface area contributed by atoms with Gasteiger partial charge in [-0.2, -0.15) is 4.39 Å². The standard InChI is InChI=1S/C13H13BrFN3OS/c1-2-3-10(8-4-9(14)6-16-5-8)12(19)18-13-17-7-11(15)20-13/h4-7,10H,2-3H2,1H3,(H,17,18,19). The van der Waals surface area contributed by atoms with Crippen molar-refractivity contribution < 1.29 is 9.18 Å². The Hall–Kier alpha value is -1.34. The molecule has 0 radical (unpaired) electrons. The maximum absolute atomic E-state index is 12.9. The molecule has 0 fully saturated rings. The molecule has 0 spiro atoms. The van der Waals surface area contributed by atoms with Crippen molar-refractivity contribution >= 4 is 38.3 Å². The van der Waals surface area contributed by atoms with Gasteiger partial charge in [0.2, 0.25) is 5.91 Å². The van der Waals surface area contributed by atoms with Crippen LogP contribution < -0.4 is 5.32 Å². The average molecular weight is 358 g/mol. The molecule has 106 valence electrons. The first-order valence-corrected chi connectivity index (χ1v) is 7.73. The summed E-state index contributed by atoms with van der Waals surface area (Å²) in [6.45, 7) is 2.01. The summed E-state index contributed by atoms with van der Waals surface area (Å²) in [5.74, 6) is -0.516. The quantitative estimate of drug-likeness (QED) is 0.880. The zero-order chi connectivity index (χ0) is 14.5. The molecular weight excluding hydrogens is 345 g/mol. The number of pyridine rings is 1. The van der Waals surface area contributed by atoms with Gasteiger partial charge in [-0.05, 0) is 34.0 Å². The first kappa shape index (κ1) is 15.1. The molecule has 1 atom stereocenters. The molecule has 1 unspecified atom stereocenters. The Balaban J connectivity index is 2.17. The number of aromatic nitrogens is 2. The number of nitrogens with one attached hydrogen (secondary N) is 1. The number of carbonyl (C=O) groups is 1. The van der Waals surface area contributed by atoms with Crippen LogP contribution in [0, 0.1) is 5.13 Å². The Labute approximate surface area is 128 Å². The molecule has 1 N–H and O–H groups in total. The molecule has 0 aliphatic rings. The van der Waals surface area contributed by atoms with Crippen molar-refractivity contribution in [3.05, 3.63) is 39.8 Å². The molecule has 1 amide bonds. The van der Waals surface area contributed by atoms with E-state index in [1.165, 1.54) is 0 Å². The molecule has 2 aromatic heterocycles. The Bertz CT molecular complexity index is 605. The van der Waals surface area contributed by atoms with Gasteiger partial charge in [-0.15, -0.1) is 0 Å². The fourth-order valence-corrected chi connectivity index (χ4v) is 2.79. The smallest absolute Gasteiger partial charge is 0.233 e. The summed E-state index contributed by atoms with van der Waals surface area (Å²) >= 11 is 4.16. The highest BCUT2D eigenvalue weighted by Crippen LogP contribution is 2.26. The second-order valence-electron chi connectivity index (χ2n) is 4.24. The van der Waals surface area contributed by atoms with Crippen LogP contribution in [0.4, 0.5) is 9.52 Å². The minimum absolute atomic E-state index is 0.193. The van der Waals surface area contributed by atoms with Gasteiger partial charge in [-0.25, -0.2) is 4.98 Å². The topological polar surface area (TPSA) is 54.9 Å². The highest BCUT2D eigenvalue weighted by atomic mass is 79.9. The first-order chi connectivity index (χ1) is 9.60. The highest BCUT2D eigenvalue weighted by Gasteiger charge is 2.21. The van der Waals surface area contributed by atoms with Crippen LogP contribution in [0.5, 0.6) is 0 Å². The van der Waals surface area contributed by atoms with Gasteiger partial charge in [0.1, 0.15) is 0 Å². The van der Waals surface area contributed by atoms with Crippen LogP contribution in [0.15, 0.2) is 29.1 Å². The molecule has 0 aromatic carbocycles. The van der Waals surface area contributed by atoms with E-state index < -0.39 is 5.13 Å². The van der Waals surface area contributed by atoms with E-state index >= 15 is 0 Å². The third-order valence-electron chi connectivity index (χ3n) is 2.73. The van der Waals surface area contributed by atoms with Gasteiger partial charge in [0, 0.05) is 16.9 Å². The molecule has 2 rings (SSSR count). The van der Waals surface area contributed by atoms with E-state index in [2.05, 4.69) is 31.2 Å². The zero-order valence-corrected chi connectivity index (χ0v) is 13.2. The van der Waals surface area contributed by atoms with E-state index in [1.54, 1.807) is 12.4 Å². The Morgan fingerprint density at radius 1 is 1.50 bits per heavy atom. The number of rotatable bonds is 5. The van der Waals surface area contributed by atoms with E-state index in [0.29, 0.717) is 6.42 Å². The molecule has 0 aliphatic heterocycles. The summed E-state index contributed by atoms with van der Waals surface area (Å²) in [5.41, 5.74) is 0.829. The van der Waals surface area contributed by atoms with E-state index in [-0.39, 0.29) is 17.0 Å². The minimum Gasteiger partial charge on any atom is -0.301 e. The van der Waals surface area contributed by atoms with E-state index in [0.717, 1.165) is 34.0 Å². The minimum atomic E-state index is -0.420. The fourth-order valence-electron chi connectivity index (χ4n) is 1.86.